The van der Waals surface area contributed by atoms with Crippen molar-refractivity contribution in [3.05, 3.63) is 18.7 Å². The highest BCUT2D eigenvalue weighted by Gasteiger charge is 2.00. The number of anilines is 1. The first kappa shape index (κ1) is 5.96. The minimum atomic E-state index is 0.458. The fourth-order valence-electron chi connectivity index (χ4n) is 0.986. The number of hydrogen-bond acceptors (Lipinski definition) is 4. The highest BCUT2D eigenvalue weighted by Crippen LogP contribution is 2.14. The minimum Gasteiger partial charge on any atom is -0.383 e. The first-order valence-electron chi connectivity index (χ1n) is 3.10. The number of aromatic nitrogens is 3. The smallest absolute Gasteiger partial charge is 0.136 e. The summed E-state index contributed by atoms with van der Waals surface area (Å²) in [6.45, 7) is 0. The number of nitrogens with zero attached hydrogens (tertiary/aromatic N) is 3. The molecule has 56 valence electrons. The van der Waals surface area contributed by atoms with Gasteiger partial charge in [-0.05, 0) is 0 Å². The fraction of sp³-hybridized carbons (Fsp3) is 0. The Hall–Kier alpha value is -1.78. The minimum absolute atomic E-state index is 0.458. The van der Waals surface area contributed by atoms with Gasteiger partial charge in [0.15, 0.2) is 0 Å². The number of hydrogen-bond donors (Lipinski definition) is 2. The Morgan fingerprint density at radius 2 is 2.09 bits per heavy atom. The van der Waals surface area contributed by atoms with Gasteiger partial charge in [0.25, 0.3) is 0 Å². The number of nitrogen functional groups attached to an aromatic ring is 2. The lowest BCUT2D eigenvalue weighted by Gasteiger charge is -1.90. The maximum atomic E-state index is 5.55. The lowest BCUT2D eigenvalue weighted by atomic mass is 10.4. The van der Waals surface area contributed by atoms with Gasteiger partial charge in [-0.2, -0.15) is 0 Å². The Bertz CT molecular complexity index is 391. The van der Waals surface area contributed by atoms with Gasteiger partial charge in [0, 0.05) is 6.20 Å². The summed E-state index contributed by atoms with van der Waals surface area (Å²) in [6.07, 6.45) is 4.79. The summed E-state index contributed by atoms with van der Waals surface area (Å²) in [6, 6.07) is 0. The molecule has 0 aliphatic rings. The van der Waals surface area contributed by atoms with Gasteiger partial charge in [0.05, 0.1) is 17.1 Å². The van der Waals surface area contributed by atoms with Gasteiger partial charge in [0.2, 0.25) is 0 Å². The van der Waals surface area contributed by atoms with Gasteiger partial charge < -0.3 is 11.6 Å². The summed E-state index contributed by atoms with van der Waals surface area (Å²) in [4.78, 5) is 7.79. The molecule has 0 saturated carbocycles. The highest BCUT2D eigenvalue weighted by molar-refractivity contribution is 5.87. The molecule has 4 N–H and O–H groups in total. The maximum absolute atomic E-state index is 5.55. The molecule has 0 aliphatic carbocycles. The van der Waals surface area contributed by atoms with E-state index in [1.807, 2.05) is 0 Å². The van der Waals surface area contributed by atoms with Crippen molar-refractivity contribution in [1.82, 2.24) is 14.6 Å². The molecule has 0 fully saturated rings. The largest absolute Gasteiger partial charge is 0.383 e. The van der Waals surface area contributed by atoms with Crippen LogP contribution in [0.3, 0.4) is 0 Å². The van der Waals surface area contributed by atoms with Gasteiger partial charge in [-0.15, -0.1) is 0 Å². The molecule has 0 spiro atoms. The standard InChI is InChI=1S/C6H7N5/c7-6-4-1-11(8)2-5(4)9-3-10-6/h1-3H,8H2,(H2,7,9,10). The third kappa shape index (κ3) is 0.778. The van der Waals surface area contributed by atoms with Crippen LogP contribution in [0.4, 0.5) is 5.82 Å². The molecule has 0 saturated heterocycles. The van der Waals surface area contributed by atoms with Crippen molar-refractivity contribution >= 4 is 16.7 Å². The molecule has 0 unspecified atom stereocenters. The van der Waals surface area contributed by atoms with E-state index in [0.29, 0.717) is 5.82 Å². The zero-order chi connectivity index (χ0) is 7.84. The summed E-state index contributed by atoms with van der Waals surface area (Å²) in [7, 11) is 0. The van der Waals surface area contributed by atoms with Crippen molar-refractivity contribution in [3.63, 3.8) is 0 Å². The van der Waals surface area contributed by atoms with E-state index in [1.165, 1.54) is 11.0 Å². The van der Waals surface area contributed by atoms with Crippen LogP contribution in [0.25, 0.3) is 10.9 Å². The average molecular weight is 149 g/mol. The normalized spacial score (nSPS) is 10.5. The van der Waals surface area contributed by atoms with Crippen LogP contribution < -0.4 is 11.6 Å². The van der Waals surface area contributed by atoms with Crippen LogP contribution >= 0.6 is 0 Å². The molecule has 0 amide bonds. The Kier molecular flexibility index (Phi) is 1.00. The van der Waals surface area contributed by atoms with Crippen LogP contribution in [0, 0.1) is 0 Å². The molecular formula is C6H7N5. The first-order valence-corrected chi connectivity index (χ1v) is 3.10. The van der Waals surface area contributed by atoms with E-state index in [9.17, 15) is 0 Å². The second-order valence-electron chi connectivity index (χ2n) is 2.26. The van der Waals surface area contributed by atoms with Crippen LogP contribution in [0.15, 0.2) is 18.7 Å². The van der Waals surface area contributed by atoms with Crippen molar-refractivity contribution in [1.29, 1.82) is 0 Å². The lowest BCUT2D eigenvalue weighted by Crippen LogP contribution is -2.02. The van der Waals surface area contributed by atoms with E-state index in [-0.39, 0.29) is 0 Å². The van der Waals surface area contributed by atoms with Crippen molar-refractivity contribution < 1.29 is 0 Å². The van der Waals surface area contributed by atoms with Gasteiger partial charge >= 0.3 is 0 Å². The molecule has 0 bridgehead atoms. The third-order valence-electron chi connectivity index (χ3n) is 1.50. The average Bonchev–Trinajstić information content (AvgIpc) is 2.31. The van der Waals surface area contributed by atoms with E-state index in [0.717, 1.165) is 10.9 Å². The molecule has 2 aromatic heterocycles. The predicted octanol–water partition coefficient (Wildman–Crippen LogP) is -0.273. The number of rotatable bonds is 0. The topological polar surface area (TPSA) is 82.8 Å². The van der Waals surface area contributed by atoms with Gasteiger partial charge in [0.1, 0.15) is 12.1 Å². The molecular weight excluding hydrogens is 142 g/mol. The molecule has 11 heavy (non-hydrogen) atoms. The Balaban J connectivity index is 2.90. The second kappa shape index (κ2) is 1.85. The van der Waals surface area contributed by atoms with Crippen molar-refractivity contribution in [3.8, 4) is 0 Å². The molecule has 2 aromatic rings. The summed E-state index contributed by atoms with van der Waals surface area (Å²) in [5.41, 5.74) is 6.31. The monoisotopic (exact) mass is 149 g/mol. The van der Waals surface area contributed by atoms with E-state index < -0.39 is 0 Å². The van der Waals surface area contributed by atoms with Crippen LogP contribution in [0.2, 0.25) is 0 Å². The van der Waals surface area contributed by atoms with Crippen LogP contribution in [-0.2, 0) is 0 Å². The quantitative estimate of drug-likeness (QED) is 0.505. The summed E-state index contributed by atoms with van der Waals surface area (Å²) in [5, 5.41) is 0.787. The van der Waals surface area contributed by atoms with E-state index >= 15 is 0 Å². The fourth-order valence-corrected chi connectivity index (χ4v) is 0.986. The van der Waals surface area contributed by atoms with Crippen LogP contribution in [-0.4, -0.2) is 14.6 Å². The van der Waals surface area contributed by atoms with E-state index in [1.54, 1.807) is 12.4 Å². The van der Waals surface area contributed by atoms with Gasteiger partial charge in [-0.3, -0.25) is 4.68 Å². The first-order chi connectivity index (χ1) is 5.27. The molecule has 2 rings (SSSR count). The van der Waals surface area contributed by atoms with E-state index in [4.69, 9.17) is 11.6 Å². The van der Waals surface area contributed by atoms with Gasteiger partial charge in [-0.1, -0.05) is 0 Å². The summed E-state index contributed by atoms with van der Waals surface area (Å²) >= 11 is 0. The highest BCUT2D eigenvalue weighted by atomic mass is 15.3. The van der Waals surface area contributed by atoms with Crippen molar-refractivity contribution in [2.45, 2.75) is 0 Å². The van der Waals surface area contributed by atoms with Crippen LogP contribution in [0.1, 0.15) is 0 Å². The second-order valence-corrected chi connectivity index (χ2v) is 2.26. The number of nitrogens with two attached hydrogens (primary N) is 2. The van der Waals surface area contributed by atoms with Crippen molar-refractivity contribution in [2.75, 3.05) is 11.6 Å². The summed E-state index contributed by atoms with van der Waals surface area (Å²) in [5.74, 6) is 5.91. The van der Waals surface area contributed by atoms with E-state index in [2.05, 4.69) is 9.97 Å². The van der Waals surface area contributed by atoms with Crippen molar-refractivity contribution in [2.24, 2.45) is 0 Å². The predicted molar refractivity (Wildman–Crippen MR) is 42.1 cm³/mol. The zero-order valence-electron chi connectivity index (χ0n) is 5.73. The maximum Gasteiger partial charge on any atom is 0.136 e. The third-order valence-corrected chi connectivity index (χ3v) is 1.50. The SMILES string of the molecule is Nc1ncnc2cn(N)cc12. The molecule has 5 heteroatoms. The Labute approximate surface area is 62.6 Å². The van der Waals surface area contributed by atoms with Crippen LogP contribution in [0.5, 0.6) is 0 Å². The Morgan fingerprint density at radius 1 is 1.27 bits per heavy atom. The Morgan fingerprint density at radius 3 is 2.82 bits per heavy atom. The molecule has 5 nitrogen and oxygen atoms in total. The molecule has 0 aromatic carbocycles. The number of fused-ring (bicyclic) bond motifs is 1. The zero-order valence-corrected chi connectivity index (χ0v) is 5.73. The lowest BCUT2D eigenvalue weighted by molar-refractivity contribution is 1.03. The molecule has 0 aliphatic heterocycles. The molecule has 0 atom stereocenters. The molecule has 0 radical (unpaired) electrons. The van der Waals surface area contributed by atoms with Gasteiger partial charge in [-0.25, -0.2) is 9.97 Å². The molecule has 2 heterocycles. The summed E-state index contributed by atoms with van der Waals surface area (Å²) < 4.78 is 1.41.